The minimum absolute atomic E-state index is 0.192. The lowest BCUT2D eigenvalue weighted by Crippen LogP contribution is -2.08. The first-order valence-electron chi connectivity index (χ1n) is 20.9. The van der Waals surface area contributed by atoms with Gasteiger partial charge in [-0.2, -0.15) is 0 Å². The van der Waals surface area contributed by atoms with Crippen LogP contribution in [-0.4, -0.2) is 30.9 Å². The van der Waals surface area contributed by atoms with Crippen LogP contribution in [0, 0.1) is 0 Å². The average molecular weight is 675 g/mol. The van der Waals surface area contributed by atoms with Crippen molar-refractivity contribution in [3.63, 3.8) is 0 Å². The number of ether oxygens (including phenoxy) is 3. The number of carboxylic acid groups (broad SMARTS) is 1. The second kappa shape index (κ2) is 33.6. The van der Waals surface area contributed by atoms with Gasteiger partial charge in [-0.3, -0.25) is 0 Å². The van der Waals surface area contributed by atoms with Crippen LogP contribution in [0.4, 0.5) is 0 Å². The van der Waals surface area contributed by atoms with Crippen LogP contribution < -0.4 is 14.2 Å². The first-order chi connectivity index (χ1) is 23.6. The van der Waals surface area contributed by atoms with Gasteiger partial charge in [0.15, 0.2) is 11.5 Å². The van der Waals surface area contributed by atoms with Gasteiger partial charge in [0.25, 0.3) is 0 Å². The van der Waals surface area contributed by atoms with Crippen molar-refractivity contribution in [2.45, 2.75) is 213 Å². The smallest absolute Gasteiger partial charge is 0.335 e. The maximum Gasteiger partial charge on any atom is 0.335 e. The molecule has 280 valence electrons. The SMILES string of the molecule is CCCCCCCCCCCCOc1cc(C(=O)O)cc(OCCCCCCCCCCCC)c1OCCCCCCCCCCCC. The number of rotatable bonds is 37. The van der Waals surface area contributed by atoms with Crippen molar-refractivity contribution in [1.82, 2.24) is 0 Å². The van der Waals surface area contributed by atoms with Crippen LogP contribution >= 0.6 is 0 Å². The summed E-state index contributed by atoms with van der Waals surface area (Å²) < 4.78 is 18.8. The lowest BCUT2D eigenvalue weighted by molar-refractivity contribution is 0.0695. The normalized spacial score (nSPS) is 11.2. The Balaban J connectivity index is 2.61. The highest BCUT2D eigenvalue weighted by Crippen LogP contribution is 2.39. The lowest BCUT2D eigenvalue weighted by atomic mass is 10.1. The fourth-order valence-corrected chi connectivity index (χ4v) is 6.36. The van der Waals surface area contributed by atoms with Crippen molar-refractivity contribution < 1.29 is 24.1 Å². The number of hydrogen-bond acceptors (Lipinski definition) is 4. The third kappa shape index (κ3) is 25.1. The van der Waals surface area contributed by atoms with E-state index in [0.29, 0.717) is 37.1 Å². The van der Waals surface area contributed by atoms with Crippen molar-refractivity contribution in [2.24, 2.45) is 0 Å². The third-order valence-corrected chi connectivity index (χ3v) is 9.52. The summed E-state index contributed by atoms with van der Waals surface area (Å²) in [6, 6.07) is 3.25. The van der Waals surface area contributed by atoms with Crippen LogP contribution in [0.2, 0.25) is 0 Å². The van der Waals surface area contributed by atoms with Gasteiger partial charge in [-0.25, -0.2) is 4.79 Å². The number of aromatic carboxylic acids is 1. The number of benzene rings is 1. The Bertz CT molecular complexity index is 807. The maximum atomic E-state index is 12.0. The summed E-state index contributed by atoms with van der Waals surface area (Å²) in [5, 5.41) is 9.87. The monoisotopic (exact) mass is 675 g/mol. The van der Waals surface area contributed by atoms with Crippen LogP contribution in [-0.2, 0) is 0 Å². The molecule has 0 saturated heterocycles. The predicted octanol–water partition coefficient (Wildman–Crippen LogP) is 14.3. The summed E-state index contributed by atoms with van der Waals surface area (Å²) in [7, 11) is 0. The van der Waals surface area contributed by atoms with E-state index in [2.05, 4.69) is 20.8 Å². The maximum absolute atomic E-state index is 12.0. The Hall–Kier alpha value is -1.91. The molecule has 0 fully saturated rings. The van der Waals surface area contributed by atoms with E-state index in [4.69, 9.17) is 14.2 Å². The van der Waals surface area contributed by atoms with E-state index in [0.717, 1.165) is 38.5 Å². The van der Waals surface area contributed by atoms with Gasteiger partial charge < -0.3 is 19.3 Å². The fourth-order valence-electron chi connectivity index (χ4n) is 6.36. The van der Waals surface area contributed by atoms with Gasteiger partial charge >= 0.3 is 5.97 Å². The Morgan fingerprint density at radius 1 is 0.417 bits per heavy atom. The Morgan fingerprint density at radius 3 is 0.938 bits per heavy atom. The predicted molar refractivity (Wildman–Crippen MR) is 205 cm³/mol. The van der Waals surface area contributed by atoms with Gasteiger partial charge in [0.1, 0.15) is 0 Å². The summed E-state index contributed by atoms with van der Waals surface area (Å²) in [4.78, 5) is 12.0. The molecule has 0 aliphatic carbocycles. The molecule has 48 heavy (non-hydrogen) atoms. The Morgan fingerprint density at radius 2 is 0.667 bits per heavy atom. The second-order valence-electron chi connectivity index (χ2n) is 14.2. The van der Waals surface area contributed by atoms with Crippen LogP contribution in [0.15, 0.2) is 12.1 Å². The van der Waals surface area contributed by atoms with Crippen LogP contribution in [0.3, 0.4) is 0 Å². The van der Waals surface area contributed by atoms with Crippen molar-refractivity contribution in [2.75, 3.05) is 19.8 Å². The molecule has 0 unspecified atom stereocenters. The van der Waals surface area contributed by atoms with E-state index in [1.807, 2.05) is 0 Å². The van der Waals surface area contributed by atoms with Crippen LogP contribution in [0.1, 0.15) is 224 Å². The number of unbranched alkanes of at least 4 members (excludes halogenated alkanes) is 27. The Kier molecular flexibility index (Phi) is 30.9. The van der Waals surface area contributed by atoms with E-state index < -0.39 is 5.97 Å². The zero-order chi connectivity index (χ0) is 34.8. The quantitative estimate of drug-likeness (QED) is 0.0712. The highest BCUT2D eigenvalue weighted by Gasteiger charge is 2.19. The van der Waals surface area contributed by atoms with Gasteiger partial charge in [0.05, 0.1) is 25.4 Å². The standard InChI is InChI=1S/C43H78O5/c1-4-7-10-13-16-19-22-25-28-31-34-46-40-37-39(43(44)45)38-41(47-35-32-29-26-23-20-17-14-11-8-5-2)42(40)48-36-33-30-27-24-21-18-15-12-9-6-3/h37-38H,4-36H2,1-3H3,(H,44,45). The molecule has 0 radical (unpaired) electrons. The lowest BCUT2D eigenvalue weighted by Gasteiger charge is -2.18. The first-order valence-corrected chi connectivity index (χ1v) is 20.9. The topological polar surface area (TPSA) is 65.0 Å². The van der Waals surface area contributed by atoms with Gasteiger partial charge in [0, 0.05) is 0 Å². The zero-order valence-electron chi connectivity index (χ0n) is 32.1. The first kappa shape index (κ1) is 44.1. The van der Waals surface area contributed by atoms with Crippen molar-refractivity contribution >= 4 is 5.97 Å². The number of carboxylic acids is 1. The highest BCUT2D eigenvalue weighted by molar-refractivity contribution is 5.89. The molecule has 0 aromatic heterocycles. The van der Waals surface area contributed by atoms with Gasteiger partial charge in [-0.05, 0) is 31.4 Å². The van der Waals surface area contributed by atoms with Crippen molar-refractivity contribution in [1.29, 1.82) is 0 Å². The van der Waals surface area contributed by atoms with Gasteiger partial charge in [-0.1, -0.05) is 194 Å². The fraction of sp³-hybridized carbons (Fsp3) is 0.837. The van der Waals surface area contributed by atoms with Gasteiger partial charge in [-0.15, -0.1) is 0 Å². The van der Waals surface area contributed by atoms with Crippen molar-refractivity contribution in [3.05, 3.63) is 17.7 Å². The minimum atomic E-state index is -0.969. The minimum Gasteiger partial charge on any atom is -0.490 e. The largest absolute Gasteiger partial charge is 0.490 e. The number of carbonyl (C=O) groups is 1. The molecule has 0 saturated carbocycles. The summed E-state index contributed by atoms with van der Waals surface area (Å²) in [6.45, 7) is 8.51. The van der Waals surface area contributed by atoms with E-state index in [1.54, 1.807) is 12.1 Å². The van der Waals surface area contributed by atoms with Crippen LogP contribution in [0.25, 0.3) is 0 Å². The summed E-state index contributed by atoms with van der Waals surface area (Å²) >= 11 is 0. The third-order valence-electron chi connectivity index (χ3n) is 9.52. The summed E-state index contributed by atoms with van der Waals surface area (Å²) in [5.74, 6) is 0.630. The Labute approximate surface area is 297 Å². The molecule has 0 aliphatic heterocycles. The average Bonchev–Trinajstić information content (AvgIpc) is 3.08. The molecule has 0 heterocycles. The summed E-state index contributed by atoms with van der Waals surface area (Å²) in [6.07, 6.45) is 38.0. The second-order valence-corrected chi connectivity index (χ2v) is 14.2. The van der Waals surface area contributed by atoms with Gasteiger partial charge in [0.2, 0.25) is 5.75 Å². The van der Waals surface area contributed by atoms with E-state index in [-0.39, 0.29) is 5.56 Å². The molecule has 0 aliphatic rings. The zero-order valence-corrected chi connectivity index (χ0v) is 32.1. The molecule has 1 aromatic carbocycles. The molecule has 1 aromatic rings. The molecule has 5 nitrogen and oxygen atoms in total. The molecular formula is C43H78O5. The molecule has 1 N–H and O–H groups in total. The molecule has 5 heteroatoms. The molecule has 0 spiro atoms. The van der Waals surface area contributed by atoms with Crippen molar-refractivity contribution in [3.8, 4) is 17.2 Å². The molecule has 0 bridgehead atoms. The molecule has 0 atom stereocenters. The molecule has 1 rings (SSSR count). The number of hydrogen-bond donors (Lipinski definition) is 1. The molecular weight excluding hydrogens is 596 g/mol. The van der Waals surface area contributed by atoms with Crippen LogP contribution in [0.5, 0.6) is 17.2 Å². The van der Waals surface area contributed by atoms with E-state index in [1.165, 1.54) is 154 Å². The van der Waals surface area contributed by atoms with E-state index >= 15 is 0 Å². The highest BCUT2D eigenvalue weighted by atomic mass is 16.5. The molecule has 0 amide bonds. The summed E-state index contributed by atoms with van der Waals surface area (Å²) in [5.41, 5.74) is 0.192. The van der Waals surface area contributed by atoms with E-state index in [9.17, 15) is 9.90 Å².